The average Bonchev–Trinajstić information content (AvgIpc) is 2.88. The monoisotopic (exact) mass is 275 g/mol. The molecule has 0 bridgehead atoms. The molecule has 0 spiro atoms. The number of hydrogen-bond donors (Lipinski definition) is 1. The molecule has 1 N–H and O–H groups in total. The second kappa shape index (κ2) is 5.42. The number of nitrogens with zero attached hydrogens (tertiary/aromatic N) is 1. The first-order valence-electron chi connectivity index (χ1n) is 5.23. The summed E-state index contributed by atoms with van der Waals surface area (Å²) in [5.74, 6) is -0.142. The third-order valence-electron chi connectivity index (χ3n) is 2.30. The van der Waals surface area contributed by atoms with E-state index in [2.05, 4.69) is 0 Å². The topological polar surface area (TPSA) is 79.5 Å². The van der Waals surface area contributed by atoms with Crippen molar-refractivity contribution in [2.24, 2.45) is 0 Å². The van der Waals surface area contributed by atoms with Gasteiger partial charge in [-0.25, -0.2) is 4.79 Å². The van der Waals surface area contributed by atoms with E-state index in [4.69, 9.17) is 19.8 Å². The van der Waals surface area contributed by atoms with Crippen molar-refractivity contribution in [1.82, 2.24) is 0 Å². The summed E-state index contributed by atoms with van der Waals surface area (Å²) in [5, 5.41) is 18.1. The van der Waals surface area contributed by atoms with Gasteiger partial charge in [0.15, 0.2) is 16.6 Å². The van der Waals surface area contributed by atoms with Crippen molar-refractivity contribution in [2.45, 2.75) is 0 Å². The lowest BCUT2D eigenvalue weighted by atomic mass is 10.2. The number of carboxylic acid groups (broad SMARTS) is 1. The van der Waals surface area contributed by atoms with Gasteiger partial charge in [0.1, 0.15) is 4.88 Å². The van der Waals surface area contributed by atoms with Crippen molar-refractivity contribution in [3.05, 3.63) is 40.8 Å². The van der Waals surface area contributed by atoms with Gasteiger partial charge in [0.2, 0.25) is 0 Å². The molecule has 2 aromatic rings. The molecule has 0 atom stereocenters. The summed E-state index contributed by atoms with van der Waals surface area (Å²) in [5.41, 5.74) is 0.460. The average molecular weight is 275 g/mol. The van der Waals surface area contributed by atoms with Crippen molar-refractivity contribution < 1.29 is 19.4 Å². The first-order valence-corrected chi connectivity index (χ1v) is 6.05. The normalized spacial score (nSPS) is 9.68. The third-order valence-corrected chi connectivity index (χ3v) is 3.25. The fourth-order valence-electron chi connectivity index (χ4n) is 1.42. The Bertz CT molecular complexity index is 657. The second-order valence-corrected chi connectivity index (χ2v) is 4.55. The Morgan fingerprint density at radius 1 is 1.32 bits per heavy atom. The largest absolute Gasteiger partial charge is 0.493 e. The number of benzene rings is 1. The first-order chi connectivity index (χ1) is 9.13. The van der Waals surface area contributed by atoms with Gasteiger partial charge in [-0.15, -0.1) is 0 Å². The lowest BCUT2D eigenvalue weighted by Gasteiger charge is -2.08. The molecule has 0 radical (unpaired) electrons. The first kappa shape index (κ1) is 12.9. The van der Waals surface area contributed by atoms with Crippen LogP contribution in [-0.4, -0.2) is 18.2 Å². The van der Waals surface area contributed by atoms with Crippen LogP contribution in [0.5, 0.6) is 16.6 Å². The van der Waals surface area contributed by atoms with Crippen LogP contribution in [0.15, 0.2) is 30.3 Å². The minimum Gasteiger partial charge on any atom is -0.493 e. The molecule has 0 aliphatic heterocycles. The van der Waals surface area contributed by atoms with E-state index >= 15 is 0 Å². The molecule has 0 saturated heterocycles. The highest BCUT2D eigenvalue weighted by molar-refractivity contribution is 7.15. The highest BCUT2D eigenvalue weighted by atomic mass is 32.1. The summed E-state index contributed by atoms with van der Waals surface area (Å²) in [6, 6.07) is 9.81. The molecule has 19 heavy (non-hydrogen) atoms. The molecule has 1 aromatic carbocycles. The molecule has 1 aromatic heterocycles. The number of carbonyl (C=O) groups is 1. The molecule has 0 amide bonds. The summed E-state index contributed by atoms with van der Waals surface area (Å²) in [7, 11) is 1.47. The van der Waals surface area contributed by atoms with Gasteiger partial charge in [0, 0.05) is 6.07 Å². The predicted octanol–water partition coefficient (Wildman–Crippen LogP) is 3.12. The Morgan fingerprint density at radius 2 is 2.11 bits per heavy atom. The molecule has 0 saturated carbocycles. The van der Waals surface area contributed by atoms with Crippen LogP contribution in [0.3, 0.4) is 0 Å². The maximum atomic E-state index is 10.8. The SMILES string of the molecule is COc1cc(C#N)ccc1Oc1ccc(C(=O)O)s1. The van der Waals surface area contributed by atoms with E-state index in [9.17, 15) is 4.79 Å². The minimum atomic E-state index is -0.994. The van der Waals surface area contributed by atoms with Gasteiger partial charge >= 0.3 is 5.97 Å². The molecule has 5 nitrogen and oxygen atoms in total. The van der Waals surface area contributed by atoms with E-state index in [0.29, 0.717) is 22.1 Å². The molecule has 6 heteroatoms. The summed E-state index contributed by atoms with van der Waals surface area (Å²) < 4.78 is 10.7. The van der Waals surface area contributed by atoms with E-state index in [1.165, 1.54) is 13.2 Å². The second-order valence-electron chi connectivity index (χ2n) is 3.50. The summed E-state index contributed by atoms with van der Waals surface area (Å²) >= 11 is 1.02. The van der Waals surface area contributed by atoms with E-state index in [1.807, 2.05) is 6.07 Å². The molecule has 1 heterocycles. The van der Waals surface area contributed by atoms with Gasteiger partial charge in [0.05, 0.1) is 18.7 Å². The van der Waals surface area contributed by atoms with Crippen LogP contribution < -0.4 is 9.47 Å². The number of nitriles is 1. The van der Waals surface area contributed by atoms with Gasteiger partial charge in [0.25, 0.3) is 0 Å². The zero-order chi connectivity index (χ0) is 13.8. The van der Waals surface area contributed by atoms with Gasteiger partial charge in [-0.3, -0.25) is 0 Å². The Balaban J connectivity index is 2.27. The number of hydrogen-bond acceptors (Lipinski definition) is 5. The van der Waals surface area contributed by atoms with Crippen LogP contribution in [0.2, 0.25) is 0 Å². The van der Waals surface area contributed by atoms with Gasteiger partial charge in [-0.2, -0.15) is 5.26 Å². The molecule has 96 valence electrons. The standard InChI is InChI=1S/C13H9NO4S/c1-17-10-6-8(7-14)2-3-9(10)18-12-5-4-11(19-12)13(15)16/h2-6H,1H3,(H,15,16). The number of aromatic carboxylic acids is 1. The van der Waals surface area contributed by atoms with E-state index < -0.39 is 5.97 Å². The van der Waals surface area contributed by atoms with Gasteiger partial charge in [-0.1, -0.05) is 11.3 Å². The van der Waals surface area contributed by atoms with Crippen LogP contribution in [0.4, 0.5) is 0 Å². The van der Waals surface area contributed by atoms with Crippen molar-refractivity contribution >= 4 is 17.3 Å². The highest BCUT2D eigenvalue weighted by Gasteiger charge is 2.11. The Kier molecular flexibility index (Phi) is 3.68. The van der Waals surface area contributed by atoms with Crippen LogP contribution in [-0.2, 0) is 0 Å². The summed E-state index contributed by atoms with van der Waals surface area (Å²) in [6.07, 6.45) is 0. The van der Waals surface area contributed by atoms with Crippen molar-refractivity contribution in [2.75, 3.05) is 7.11 Å². The molecule has 0 fully saturated rings. The molecule has 0 aliphatic rings. The molecule has 0 unspecified atom stereocenters. The maximum absolute atomic E-state index is 10.8. The molecular weight excluding hydrogens is 266 g/mol. The molecular formula is C13H9NO4S. The predicted molar refractivity (Wildman–Crippen MR) is 69.1 cm³/mol. The smallest absolute Gasteiger partial charge is 0.345 e. The Labute approximate surface area is 113 Å². The number of ether oxygens (including phenoxy) is 2. The van der Waals surface area contributed by atoms with Gasteiger partial charge in [-0.05, 0) is 24.3 Å². The van der Waals surface area contributed by atoms with Crippen molar-refractivity contribution in [3.63, 3.8) is 0 Å². The Hall–Kier alpha value is -2.52. The third kappa shape index (κ3) is 2.84. The van der Waals surface area contributed by atoms with Crippen LogP contribution in [0.1, 0.15) is 15.2 Å². The lowest BCUT2D eigenvalue weighted by molar-refractivity contribution is 0.0702. The van der Waals surface area contributed by atoms with E-state index in [0.717, 1.165) is 11.3 Å². The number of methoxy groups -OCH3 is 1. The molecule has 0 aliphatic carbocycles. The fraction of sp³-hybridized carbons (Fsp3) is 0.0769. The van der Waals surface area contributed by atoms with E-state index in [-0.39, 0.29) is 4.88 Å². The maximum Gasteiger partial charge on any atom is 0.345 e. The number of carboxylic acids is 1. The zero-order valence-corrected chi connectivity index (χ0v) is 10.7. The fourth-order valence-corrected chi connectivity index (χ4v) is 2.13. The minimum absolute atomic E-state index is 0.197. The number of rotatable bonds is 4. The number of thiophene rings is 1. The lowest BCUT2D eigenvalue weighted by Crippen LogP contribution is -1.90. The highest BCUT2D eigenvalue weighted by Crippen LogP contribution is 2.35. The zero-order valence-electron chi connectivity index (χ0n) is 9.91. The summed E-state index contributed by atoms with van der Waals surface area (Å²) in [4.78, 5) is 11.0. The summed E-state index contributed by atoms with van der Waals surface area (Å²) in [6.45, 7) is 0. The van der Waals surface area contributed by atoms with Crippen molar-refractivity contribution in [1.29, 1.82) is 5.26 Å². The van der Waals surface area contributed by atoms with Crippen LogP contribution in [0.25, 0.3) is 0 Å². The Morgan fingerprint density at radius 3 is 2.68 bits per heavy atom. The van der Waals surface area contributed by atoms with Gasteiger partial charge < -0.3 is 14.6 Å². The van der Waals surface area contributed by atoms with Crippen molar-refractivity contribution in [3.8, 4) is 22.6 Å². The van der Waals surface area contributed by atoms with Crippen LogP contribution >= 0.6 is 11.3 Å². The molecule has 2 rings (SSSR count). The van der Waals surface area contributed by atoms with Crippen LogP contribution in [0, 0.1) is 11.3 Å². The van der Waals surface area contributed by atoms with E-state index in [1.54, 1.807) is 24.3 Å². The quantitative estimate of drug-likeness (QED) is 0.927.